The fourth-order valence-electron chi connectivity index (χ4n) is 2.81. The number of hydrogen-bond acceptors (Lipinski definition) is 5. The largest absolute Gasteiger partial charge is 0.495 e. The third kappa shape index (κ3) is 3.81. The lowest BCUT2D eigenvalue weighted by Crippen LogP contribution is -2.25. The Morgan fingerprint density at radius 3 is 3.04 bits per heavy atom. The smallest absolute Gasteiger partial charge is 0.274 e. The molecule has 0 aliphatic carbocycles. The molecule has 9 heteroatoms. The van der Waals surface area contributed by atoms with Crippen molar-refractivity contribution in [1.29, 1.82) is 0 Å². The zero-order chi connectivity index (χ0) is 19.4. The second-order valence-corrected chi connectivity index (χ2v) is 5.96. The normalized spacial score (nSPS) is 14.3. The summed E-state index contributed by atoms with van der Waals surface area (Å²) < 4.78 is 19.4. The number of methoxy groups -OCH3 is 1. The van der Waals surface area contributed by atoms with Gasteiger partial charge in [0, 0.05) is 36.3 Å². The van der Waals surface area contributed by atoms with Crippen LogP contribution in [0.15, 0.2) is 34.7 Å². The Morgan fingerprint density at radius 2 is 2.30 bits per heavy atom. The van der Waals surface area contributed by atoms with Crippen LogP contribution in [-0.2, 0) is 11.3 Å². The van der Waals surface area contributed by atoms with Gasteiger partial charge in [0.2, 0.25) is 0 Å². The van der Waals surface area contributed by atoms with Gasteiger partial charge in [0.25, 0.3) is 11.8 Å². The number of aromatic nitrogens is 2. The molecule has 0 bridgehead atoms. The Kier molecular flexibility index (Phi) is 5.49. The lowest BCUT2D eigenvalue weighted by atomic mass is 10.2. The molecule has 3 rings (SSSR count). The standard InChI is InChI=1S/C18H20FN5O3/c1-11-14(20-5-6-22-17(11)25)10-24-9-13(18(26)21-4-3-19)16-15(24)7-12(27-2)8-23-16/h6-9,20H,3-5,10H2,1-2H3,(H,21,26). The van der Waals surface area contributed by atoms with Gasteiger partial charge in [-0.1, -0.05) is 0 Å². The lowest BCUT2D eigenvalue weighted by Gasteiger charge is -2.12. The zero-order valence-corrected chi connectivity index (χ0v) is 15.1. The number of amides is 2. The summed E-state index contributed by atoms with van der Waals surface area (Å²) in [7, 11) is 1.53. The first-order valence-electron chi connectivity index (χ1n) is 8.42. The van der Waals surface area contributed by atoms with Gasteiger partial charge in [-0.25, -0.2) is 14.4 Å². The van der Waals surface area contributed by atoms with Crippen molar-refractivity contribution < 1.29 is 18.7 Å². The van der Waals surface area contributed by atoms with E-state index in [0.29, 0.717) is 46.7 Å². The number of nitrogens with zero attached hydrogens (tertiary/aromatic N) is 3. The Morgan fingerprint density at radius 1 is 1.48 bits per heavy atom. The second kappa shape index (κ2) is 7.98. The second-order valence-electron chi connectivity index (χ2n) is 5.96. The molecule has 1 aliphatic rings. The van der Waals surface area contributed by atoms with Crippen molar-refractivity contribution in [2.75, 3.05) is 26.9 Å². The number of alkyl halides is 1. The number of aliphatic imine (C=N–C) groups is 1. The van der Waals surface area contributed by atoms with E-state index in [0.717, 1.165) is 0 Å². The molecular weight excluding hydrogens is 353 g/mol. The van der Waals surface area contributed by atoms with Crippen molar-refractivity contribution in [3.63, 3.8) is 0 Å². The van der Waals surface area contributed by atoms with E-state index in [1.54, 1.807) is 23.8 Å². The van der Waals surface area contributed by atoms with E-state index in [2.05, 4.69) is 20.6 Å². The molecule has 3 heterocycles. The number of rotatable bonds is 6. The van der Waals surface area contributed by atoms with Crippen molar-refractivity contribution in [2.45, 2.75) is 13.5 Å². The monoisotopic (exact) mass is 373 g/mol. The van der Waals surface area contributed by atoms with Gasteiger partial charge < -0.3 is 19.9 Å². The molecule has 0 radical (unpaired) electrons. The van der Waals surface area contributed by atoms with E-state index >= 15 is 0 Å². The molecule has 27 heavy (non-hydrogen) atoms. The van der Waals surface area contributed by atoms with Crippen molar-refractivity contribution >= 4 is 29.1 Å². The summed E-state index contributed by atoms with van der Waals surface area (Å²) in [6.45, 7) is 1.74. The predicted octanol–water partition coefficient (Wildman–Crippen LogP) is 1.22. The Hall–Kier alpha value is -3.23. The molecule has 0 fully saturated rings. The highest BCUT2D eigenvalue weighted by molar-refractivity contribution is 6.05. The van der Waals surface area contributed by atoms with Crippen molar-refractivity contribution in [2.24, 2.45) is 4.99 Å². The third-order valence-corrected chi connectivity index (χ3v) is 4.27. The van der Waals surface area contributed by atoms with Crippen molar-refractivity contribution in [3.05, 3.63) is 35.3 Å². The van der Waals surface area contributed by atoms with Gasteiger partial charge in [-0.15, -0.1) is 0 Å². The number of carbonyl (C=O) groups excluding carboxylic acids is 2. The van der Waals surface area contributed by atoms with Crippen LogP contribution >= 0.6 is 0 Å². The van der Waals surface area contributed by atoms with Crippen LogP contribution in [0.4, 0.5) is 4.39 Å². The van der Waals surface area contributed by atoms with Crippen LogP contribution in [-0.4, -0.2) is 54.5 Å². The van der Waals surface area contributed by atoms with Crippen LogP contribution in [0.1, 0.15) is 17.3 Å². The van der Waals surface area contributed by atoms with Crippen LogP contribution in [0, 0.1) is 0 Å². The molecule has 0 saturated carbocycles. The highest BCUT2D eigenvalue weighted by atomic mass is 19.1. The van der Waals surface area contributed by atoms with Crippen molar-refractivity contribution in [1.82, 2.24) is 20.2 Å². The fraction of sp³-hybridized carbons (Fsp3) is 0.333. The van der Waals surface area contributed by atoms with E-state index in [9.17, 15) is 14.0 Å². The molecule has 0 spiro atoms. The minimum absolute atomic E-state index is 0.0701. The van der Waals surface area contributed by atoms with Gasteiger partial charge >= 0.3 is 0 Å². The van der Waals surface area contributed by atoms with Gasteiger partial charge in [-0.2, -0.15) is 0 Å². The molecule has 2 aromatic rings. The quantitative estimate of drug-likeness (QED) is 0.793. The molecule has 2 N–H and O–H groups in total. The number of allylic oxidation sites excluding steroid dienone is 1. The van der Waals surface area contributed by atoms with E-state index in [-0.39, 0.29) is 12.5 Å². The Balaban J connectivity index is 2.05. The van der Waals surface area contributed by atoms with Gasteiger partial charge in [-0.3, -0.25) is 9.59 Å². The molecule has 0 unspecified atom stereocenters. The third-order valence-electron chi connectivity index (χ3n) is 4.27. The number of fused-ring (bicyclic) bond motifs is 1. The molecule has 2 aromatic heterocycles. The maximum atomic E-state index is 12.4. The number of halogens is 1. The summed E-state index contributed by atoms with van der Waals surface area (Å²) >= 11 is 0. The number of ether oxygens (including phenoxy) is 1. The lowest BCUT2D eigenvalue weighted by molar-refractivity contribution is -0.114. The summed E-state index contributed by atoms with van der Waals surface area (Å²) in [4.78, 5) is 32.5. The minimum atomic E-state index is -0.649. The number of carbonyl (C=O) groups is 2. The highest BCUT2D eigenvalue weighted by Gasteiger charge is 2.19. The summed E-state index contributed by atoms with van der Waals surface area (Å²) in [5, 5.41) is 5.68. The van der Waals surface area contributed by atoms with Gasteiger partial charge in [0.1, 0.15) is 17.9 Å². The van der Waals surface area contributed by atoms with Gasteiger partial charge in [0.05, 0.1) is 37.5 Å². The maximum absolute atomic E-state index is 12.4. The zero-order valence-electron chi connectivity index (χ0n) is 15.1. The summed E-state index contributed by atoms with van der Waals surface area (Å²) in [5.41, 5.74) is 2.68. The van der Waals surface area contributed by atoms with Crippen LogP contribution < -0.4 is 15.4 Å². The molecule has 2 amide bonds. The number of hydrogen-bond donors (Lipinski definition) is 2. The highest BCUT2D eigenvalue weighted by Crippen LogP contribution is 2.25. The number of nitrogens with one attached hydrogen (secondary N) is 2. The van der Waals surface area contributed by atoms with Gasteiger partial charge in [0.15, 0.2) is 0 Å². The summed E-state index contributed by atoms with van der Waals surface area (Å²) in [5.74, 6) is -0.174. The molecule has 0 atom stereocenters. The number of pyridine rings is 1. The average Bonchev–Trinajstić information content (AvgIpc) is 2.96. The first kappa shape index (κ1) is 18.6. The Labute approximate surface area is 155 Å². The van der Waals surface area contributed by atoms with Crippen molar-refractivity contribution in [3.8, 4) is 5.75 Å². The van der Waals surface area contributed by atoms with E-state index in [4.69, 9.17) is 4.74 Å². The van der Waals surface area contributed by atoms with E-state index in [1.807, 2.05) is 0 Å². The van der Waals surface area contributed by atoms with Crippen LogP contribution in [0.5, 0.6) is 5.75 Å². The summed E-state index contributed by atoms with van der Waals surface area (Å²) in [6, 6.07) is 1.76. The SMILES string of the molecule is COc1cnc2c(C(=O)NCCF)cn(CC3=C(C)C(=O)N=CCN3)c2c1. The van der Waals surface area contributed by atoms with E-state index in [1.165, 1.54) is 19.5 Å². The first-order valence-corrected chi connectivity index (χ1v) is 8.42. The molecule has 0 aromatic carbocycles. The molecule has 1 aliphatic heterocycles. The first-order chi connectivity index (χ1) is 13.0. The van der Waals surface area contributed by atoms with Crippen LogP contribution in [0.25, 0.3) is 11.0 Å². The predicted molar refractivity (Wildman–Crippen MR) is 98.8 cm³/mol. The average molecular weight is 373 g/mol. The minimum Gasteiger partial charge on any atom is -0.495 e. The Bertz CT molecular complexity index is 948. The fourth-order valence-corrected chi connectivity index (χ4v) is 2.81. The molecule has 8 nitrogen and oxygen atoms in total. The maximum Gasteiger partial charge on any atom is 0.274 e. The van der Waals surface area contributed by atoms with Gasteiger partial charge in [-0.05, 0) is 6.92 Å². The topological polar surface area (TPSA) is 97.6 Å². The van der Waals surface area contributed by atoms with Crippen LogP contribution in [0.2, 0.25) is 0 Å². The van der Waals surface area contributed by atoms with E-state index < -0.39 is 12.6 Å². The molecular formula is C18H20FN5O3. The van der Waals surface area contributed by atoms with Crippen LogP contribution in [0.3, 0.4) is 0 Å². The molecule has 0 saturated heterocycles. The summed E-state index contributed by atoms with van der Waals surface area (Å²) in [6.07, 6.45) is 4.68. The molecule has 142 valence electrons.